The van der Waals surface area contributed by atoms with E-state index in [1.165, 1.54) is 54.5 Å². The van der Waals surface area contributed by atoms with Crippen LogP contribution in [-0.4, -0.2) is 13.1 Å². The molecule has 1 nitrogen and oxygen atoms in total. The molecule has 0 atom stereocenters. The second-order valence-corrected chi connectivity index (χ2v) is 5.59. The van der Waals surface area contributed by atoms with Crippen molar-refractivity contribution < 1.29 is 0 Å². The van der Waals surface area contributed by atoms with E-state index in [2.05, 4.69) is 39.0 Å². The van der Waals surface area contributed by atoms with Gasteiger partial charge in [0.05, 0.1) is 5.69 Å². The molecule has 1 heterocycles. The maximum Gasteiger partial charge on any atom is 0.0544 e. The number of hydrogen-bond acceptors (Lipinski definition) is 1. The lowest BCUT2D eigenvalue weighted by Gasteiger charge is -2.31. The van der Waals surface area contributed by atoms with Crippen LogP contribution < -0.4 is 4.90 Å². The fourth-order valence-electron chi connectivity index (χ4n) is 2.65. The zero-order valence-corrected chi connectivity index (χ0v) is 10.5. The summed E-state index contributed by atoms with van der Waals surface area (Å²) in [7, 11) is 0. The van der Waals surface area contributed by atoms with Crippen LogP contribution in [0.4, 0.5) is 5.69 Å². The summed E-state index contributed by atoms with van der Waals surface area (Å²) in [5.41, 5.74) is 2.98. The Hall–Kier alpha value is -0.500. The third kappa shape index (κ3) is 1.69. The molecule has 3 rings (SSSR count). The van der Waals surface area contributed by atoms with Gasteiger partial charge in [-0.15, -0.1) is 0 Å². The second kappa shape index (κ2) is 3.82. The predicted molar refractivity (Wildman–Crippen MR) is 67.4 cm³/mol. The molecular formula is C13H16BrN. The fraction of sp³-hybridized carbons (Fsp3) is 0.538. The van der Waals surface area contributed by atoms with Crippen LogP contribution in [-0.2, 0) is 6.42 Å². The molecule has 0 unspecified atom stereocenters. The van der Waals surface area contributed by atoms with Crippen molar-refractivity contribution in [2.24, 2.45) is 5.92 Å². The first kappa shape index (κ1) is 9.71. The Kier molecular flexibility index (Phi) is 2.47. The van der Waals surface area contributed by atoms with Crippen molar-refractivity contribution in [3.63, 3.8) is 0 Å². The highest BCUT2D eigenvalue weighted by molar-refractivity contribution is 9.10. The van der Waals surface area contributed by atoms with Gasteiger partial charge in [0.2, 0.25) is 0 Å². The summed E-state index contributed by atoms with van der Waals surface area (Å²) < 4.78 is 1.27. The standard InChI is InChI=1S/C13H16BrN/c14-12-6-2-5-11-7-8-15(13(11)12)9-10-3-1-4-10/h2,5-6,10H,1,3-4,7-9H2. The molecule has 1 aromatic rings. The van der Waals surface area contributed by atoms with Gasteiger partial charge >= 0.3 is 0 Å². The molecule has 0 saturated heterocycles. The van der Waals surface area contributed by atoms with E-state index in [9.17, 15) is 0 Å². The molecule has 0 spiro atoms. The predicted octanol–water partition coefficient (Wildman–Crippen LogP) is 3.61. The number of rotatable bonds is 2. The topological polar surface area (TPSA) is 3.24 Å². The maximum absolute atomic E-state index is 3.68. The second-order valence-electron chi connectivity index (χ2n) is 4.74. The smallest absolute Gasteiger partial charge is 0.0544 e. The number of benzene rings is 1. The molecule has 0 bridgehead atoms. The Morgan fingerprint density at radius 2 is 2.20 bits per heavy atom. The van der Waals surface area contributed by atoms with E-state index in [0.717, 1.165) is 5.92 Å². The normalized spacial score (nSPS) is 20.2. The molecule has 0 radical (unpaired) electrons. The Balaban J connectivity index is 1.83. The molecule has 1 aliphatic carbocycles. The van der Waals surface area contributed by atoms with E-state index in [1.54, 1.807) is 0 Å². The minimum absolute atomic E-state index is 0.961. The first-order chi connectivity index (χ1) is 7.34. The van der Waals surface area contributed by atoms with Crippen LogP contribution in [0.5, 0.6) is 0 Å². The van der Waals surface area contributed by atoms with Crippen LogP contribution in [0.2, 0.25) is 0 Å². The third-order valence-corrected chi connectivity index (χ3v) is 4.38. The van der Waals surface area contributed by atoms with E-state index in [0.29, 0.717) is 0 Å². The average Bonchev–Trinajstić information content (AvgIpc) is 2.56. The van der Waals surface area contributed by atoms with Gasteiger partial charge in [0.1, 0.15) is 0 Å². The molecule has 1 saturated carbocycles. The summed E-state index contributed by atoms with van der Waals surface area (Å²) in [6.07, 6.45) is 5.55. The molecule has 1 aromatic carbocycles. The molecule has 15 heavy (non-hydrogen) atoms. The first-order valence-electron chi connectivity index (χ1n) is 5.87. The van der Waals surface area contributed by atoms with Crippen LogP contribution in [0, 0.1) is 5.92 Å². The quantitative estimate of drug-likeness (QED) is 0.790. The van der Waals surface area contributed by atoms with Crippen LogP contribution in [0.25, 0.3) is 0 Å². The summed E-state index contributed by atoms with van der Waals surface area (Å²) in [4.78, 5) is 2.57. The van der Waals surface area contributed by atoms with Gasteiger partial charge in [-0.25, -0.2) is 0 Å². The lowest BCUT2D eigenvalue weighted by molar-refractivity contribution is 0.319. The van der Waals surface area contributed by atoms with Crippen LogP contribution in [0.15, 0.2) is 22.7 Å². The van der Waals surface area contributed by atoms with E-state index in [1.807, 2.05) is 0 Å². The summed E-state index contributed by atoms with van der Waals surface area (Å²) in [6.45, 7) is 2.49. The molecule has 1 aliphatic heterocycles. The molecule has 0 aromatic heterocycles. The molecule has 1 fully saturated rings. The first-order valence-corrected chi connectivity index (χ1v) is 6.66. The molecule has 80 valence electrons. The van der Waals surface area contributed by atoms with E-state index in [-0.39, 0.29) is 0 Å². The average molecular weight is 266 g/mol. The fourth-order valence-corrected chi connectivity index (χ4v) is 3.31. The number of hydrogen-bond donors (Lipinski definition) is 0. The number of para-hydroxylation sites is 1. The molecule has 0 amide bonds. The largest absolute Gasteiger partial charge is 0.370 e. The highest BCUT2D eigenvalue weighted by Crippen LogP contribution is 2.37. The highest BCUT2D eigenvalue weighted by atomic mass is 79.9. The number of fused-ring (bicyclic) bond motifs is 1. The highest BCUT2D eigenvalue weighted by Gasteiger charge is 2.26. The molecular weight excluding hydrogens is 250 g/mol. The van der Waals surface area contributed by atoms with Crippen molar-refractivity contribution in [3.8, 4) is 0 Å². The van der Waals surface area contributed by atoms with Crippen LogP contribution in [0.3, 0.4) is 0 Å². The van der Waals surface area contributed by atoms with Gasteiger partial charge in [0.25, 0.3) is 0 Å². The lowest BCUT2D eigenvalue weighted by Crippen LogP contribution is -2.31. The van der Waals surface area contributed by atoms with E-state index in [4.69, 9.17) is 0 Å². The number of anilines is 1. The lowest BCUT2D eigenvalue weighted by atomic mass is 9.85. The van der Waals surface area contributed by atoms with E-state index < -0.39 is 0 Å². The monoisotopic (exact) mass is 265 g/mol. The van der Waals surface area contributed by atoms with Gasteiger partial charge < -0.3 is 4.90 Å². The van der Waals surface area contributed by atoms with Crippen molar-refractivity contribution >= 4 is 21.6 Å². The van der Waals surface area contributed by atoms with Crippen LogP contribution in [0.1, 0.15) is 24.8 Å². The third-order valence-electron chi connectivity index (χ3n) is 3.74. The van der Waals surface area contributed by atoms with Crippen molar-refractivity contribution in [1.82, 2.24) is 0 Å². The van der Waals surface area contributed by atoms with Crippen LogP contribution >= 0.6 is 15.9 Å². The van der Waals surface area contributed by atoms with E-state index >= 15 is 0 Å². The van der Waals surface area contributed by atoms with Crippen molar-refractivity contribution in [2.75, 3.05) is 18.0 Å². The van der Waals surface area contributed by atoms with Crippen molar-refractivity contribution in [3.05, 3.63) is 28.2 Å². The zero-order chi connectivity index (χ0) is 10.3. The van der Waals surface area contributed by atoms with Gasteiger partial charge in [-0.05, 0) is 52.7 Å². The Morgan fingerprint density at radius 3 is 2.93 bits per heavy atom. The van der Waals surface area contributed by atoms with Gasteiger partial charge in [-0.3, -0.25) is 0 Å². The molecule has 2 heteroatoms. The van der Waals surface area contributed by atoms with Crippen molar-refractivity contribution in [2.45, 2.75) is 25.7 Å². The SMILES string of the molecule is Brc1cccc2c1N(CC1CCC1)CC2. The zero-order valence-electron chi connectivity index (χ0n) is 8.88. The Bertz CT molecular complexity index is 371. The van der Waals surface area contributed by atoms with Gasteiger partial charge in [0.15, 0.2) is 0 Å². The summed E-state index contributed by atoms with van der Waals surface area (Å²) in [5, 5.41) is 0. The summed E-state index contributed by atoms with van der Waals surface area (Å²) in [5.74, 6) is 0.961. The molecule has 0 N–H and O–H groups in total. The molecule has 2 aliphatic rings. The van der Waals surface area contributed by atoms with Gasteiger partial charge in [0, 0.05) is 17.6 Å². The Morgan fingerprint density at radius 1 is 1.33 bits per heavy atom. The minimum Gasteiger partial charge on any atom is -0.370 e. The number of nitrogens with zero attached hydrogens (tertiary/aromatic N) is 1. The Labute approximate surface area is 99.6 Å². The minimum atomic E-state index is 0.961. The summed E-state index contributed by atoms with van der Waals surface area (Å²) >= 11 is 3.68. The van der Waals surface area contributed by atoms with Gasteiger partial charge in [-0.1, -0.05) is 18.6 Å². The summed E-state index contributed by atoms with van der Waals surface area (Å²) in [6, 6.07) is 6.58. The maximum atomic E-state index is 3.68. The van der Waals surface area contributed by atoms with Crippen molar-refractivity contribution in [1.29, 1.82) is 0 Å². The number of halogens is 1. The van der Waals surface area contributed by atoms with Gasteiger partial charge in [-0.2, -0.15) is 0 Å².